The molecular formula is C19H20N4O. The van der Waals surface area contributed by atoms with Crippen molar-refractivity contribution >= 4 is 22.8 Å². The zero-order valence-electron chi connectivity index (χ0n) is 13.4. The van der Waals surface area contributed by atoms with Gasteiger partial charge in [0, 0.05) is 11.8 Å². The van der Waals surface area contributed by atoms with E-state index in [0.717, 1.165) is 37.0 Å². The lowest BCUT2D eigenvalue weighted by Crippen LogP contribution is -2.26. The van der Waals surface area contributed by atoms with Crippen LogP contribution in [0.3, 0.4) is 0 Å². The first-order valence-corrected chi connectivity index (χ1v) is 8.36. The van der Waals surface area contributed by atoms with Gasteiger partial charge in [-0.25, -0.2) is 4.98 Å². The molecule has 0 bridgehead atoms. The van der Waals surface area contributed by atoms with E-state index in [0.29, 0.717) is 17.3 Å². The topological polar surface area (TPSA) is 69.8 Å². The third kappa shape index (κ3) is 2.90. The molecule has 0 spiro atoms. The molecule has 0 unspecified atom stereocenters. The number of aromatic amines is 1. The van der Waals surface area contributed by atoms with Gasteiger partial charge in [0.25, 0.3) is 5.91 Å². The van der Waals surface area contributed by atoms with Crippen LogP contribution < -0.4 is 10.6 Å². The highest BCUT2D eigenvalue weighted by Crippen LogP contribution is 2.31. The van der Waals surface area contributed by atoms with Crippen LogP contribution in [0.2, 0.25) is 0 Å². The van der Waals surface area contributed by atoms with Crippen molar-refractivity contribution in [3.8, 4) is 0 Å². The van der Waals surface area contributed by atoms with E-state index in [1.807, 2.05) is 30.3 Å². The fourth-order valence-electron chi connectivity index (χ4n) is 3.31. The van der Waals surface area contributed by atoms with Crippen molar-refractivity contribution in [2.24, 2.45) is 0 Å². The van der Waals surface area contributed by atoms with Gasteiger partial charge in [0.2, 0.25) is 0 Å². The minimum atomic E-state index is -0.138. The van der Waals surface area contributed by atoms with Gasteiger partial charge in [-0.2, -0.15) is 0 Å². The highest BCUT2D eigenvalue weighted by atomic mass is 16.1. The van der Waals surface area contributed by atoms with E-state index in [1.165, 1.54) is 5.56 Å². The molecule has 5 nitrogen and oxygen atoms in total. The summed E-state index contributed by atoms with van der Waals surface area (Å²) in [5.74, 6) is 0.972. The first-order chi connectivity index (χ1) is 11.8. The predicted molar refractivity (Wildman–Crippen MR) is 95.3 cm³/mol. The molecule has 1 amide bonds. The van der Waals surface area contributed by atoms with Gasteiger partial charge in [-0.3, -0.25) is 4.79 Å². The molecule has 122 valence electrons. The Morgan fingerprint density at radius 2 is 1.88 bits per heavy atom. The average molecular weight is 320 g/mol. The summed E-state index contributed by atoms with van der Waals surface area (Å²) in [7, 11) is 0. The van der Waals surface area contributed by atoms with E-state index in [-0.39, 0.29) is 5.91 Å². The lowest BCUT2D eigenvalue weighted by molar-refractivity contribution is 0.102. The smallest absolute Gasteiger partial charge is 0.256 e. The summed E-state index contributed by atoms with van der Waals surface area (Å²) in [5.41, 5.74) is 3.86. The predicted octanol–water partition coefficient (Wildman–Crippen LogP) is 3.28. The molecule has 1 aromatic carbocycles. The third-order valence-electron chi connectivity index (χ3n) is 4.61. The number of H-pyrrole nitrogens is 1. The van der Waals surface area contributed by atoms with Gasteiger partial charge in [-0.15, -0.1) is 0 Å². The highest BCUT2D eigenvalue weighted by molar-refractivity contribution is 6.04. The molecule has 1 aliphatic heterocycles. The fourth-order valence-corrected chi connectivity index (χ4v) is 3.31. The number of aromatic nitrogens is 2. The maximum absolute atomic E-state index is 12.3. The van der Waals surface area contributed by atoms with Crippen LogP contribution in [0.1, 0.15) is 34.7 Å². The third-order valence-corrected chi connectivity index (χ3v) is 4.61. The molecule has 3 aromatic rings. The van der Waals surface area contributed by atoms with E-state index >= 15 is 0 Å². The number of anilines is 1. The quantitative estimate of drug-likeness (QED) is 0.693. The summed E-state index contributed by atoms with van der Waals surface area (Å²) in [6.45, 7) is 2.09. The number of rotatable bonds is 3. The molecule has 0 radical (unpaired) electrons. The van der Waals surface area contributed by atoms with Crippen molar-refractivity contribution in [2.75, 3.05) is 18.4 Å². The number of fused-ring (bicyclic) bond motifs is 1. The molecule has 0 saturated carbocycles. The summed E-state index contributed by atoms with van der Waals surface area (Å²) in [6.07, 6.45) is 4.31. The molecule has 24 heavy (non-hydrogen) atoms. The van der Waals surface area contributed by atoms with Crippen LogP contribution in [0.25, 0.3) is 11.0 Å². The maximum Gasteiger partial charge on any atom is 0.256 e. The van der Waals surface area contributed by atoms with Gasteiger partial charge in [0.15, 0.2) is 0 Å². The number of amides is 1. The Balaban J connectivity index is 1.61. The normalized spacial score (nSPS) is 15.5. The molecule has 3 heterocycles. The summed E-state index contributed by atoms with van der Waals surface area (Å²) in [6, 6.07) is 13.0. The molecule has 5 heteroatoms. The van der Waals surface area contributed by atoms with Crippen LogP contribution in [-0.2, 0) is 0 Å². The molecule has 4 rings (SSSR count). The minimum Gasteiger partial charge on any atom is -0.360 e. The van der Waals surface area contributed by atoms with Crippen LogP contribution in [0.15, 0.2) is 48.7 Å². The van der Waals surface area contributed by atoms with Crippen molar-refractivity contribution in [3.05, 3.63) is 59.8 Å². The fraction of sp³-hybridized carbons (Fsp3) is 0.263. The van der Waals surface area contributed by atoms with Crippen molar-refractivity contribution in [1.29, 1.82) is 0 Å². The van der Waals surface area contributed by atoms with Crippen LogP contribution in [-0.4, -0.2) is 29.0 Å². The van der Waals surface area contributed by atoms with E-state index in [1.54, 1.807) is 12.1 Å². The van der Waals surface area contributed by atoms with Gasteiger partial charge >= 0.3 is 0 Å². The summed E-state index contributed by atoms with van der Waals surface area (Å²) in [4.78, 5) is 20.3. The lowest BCUT2D eigenvalue weighted by atomic mass is 9.91. The standard InChI is InChI=1S/C19H20N4O/c24-19(14-4-2-1-3-5-14)23-17-7-6-16-18(22-17)15(12-21-16)13-8-10-20-11-9-13/h1-7,12-13,20-21H,8-11H2,(H,22,23,24). The average Bonchev–Trinajstić information content (AvgIpc) is 3.06. The Morgan fingerprint density at radius 3 is 2.67 bits per heavy atom. The molecular weight excluding hydrogens is 300 g/mol. The number of nitrogens with one attached hydrogen (secondary N) is 3. The summed E-state index contributed by atoms with van der Waals surface area (Å²) < 4.78 is 0. The molecule has 0 aliphatic carbocycles. The van der Waals surface area contributed by atoms with Gasteiger partial charge in [-0.05, 0) is 61.7 Å². The molecule has 0 atom stereocenters. The van der Waals surface area contributed by atoms with Crippen LogP contribution in [0, 0.1) is 0 Å². The number of carbonyl (C=O) groups is 1. The van der Waals surface area contributed by atoms with Crippen molar-refractivity contribution in [2.45, 2.75) is 18.8 Å². The first-order valence-electron chi connectivity index (χ1n) is 8.36. The van der Waals surface area contributed by atoms with Crippen LogP contribution in [0.4, 0.5) is 5.82 Å². The largest absolute Gasteiger partial charge is 0.360 e. The monoisotopic (exact) mass is 320 g/mol. The number of carbonyl (C=O) groups excluding carboxylic acids is 1. The summed E-state index contributed by atoms with van der Waals surface area (Å²) in [5, 5.41) is 6.29. The van der Waals surface area contributed by atoms with E-state index in [9.17, 15) is 4.79 Å². The number of nitrogens with zero attached hydrogens (tertiary/aromatic N) is 1. The Labute approximate surface area is 140 Å². The number of hydrogen-bond acceptors (Lipinski definition) is 3. The van der Waals surface area contributed by atoms with Gasteiger partial charge < -0.3 is 15.6 Å². The molecule has 3 N–H and O–H groups in total. The number of hydrogen-bond donors (Lipinski definition) is 3. The Kier molecular flexibility index (Phi) is 4.01. The Morgan fingerprint density at radius 1 is 1.08 bits per heavy atom. The Hall–Kier alpha value is -2.66. The molecule has 1 aliphatic rings. The second-order valence-electron chi connectivity index (χ2n) is 6.18. The van der Waals surface area contributed by atoms with Crippen LogP contribution >= 0.6 is 0 Å². The van der Waals surface area contributed by atoms with E-state index in [2.05, 4.69) is 21.8 Å². The van der Waals surface area contributed by atoms with Crippen molar-refractivity contribution < 1.29 is 4.79 Å². The second kappa shape index (κ2) is 6.45. The van der Waals surface area contributed by atoms with Gasteiger partial charge in [-0.1, -0.05) is 18.2 Å². The van der Waals surface area contributed by atoms with Crippen molar-refractivity contribution in [1.82, 2.24) is 15.3 Å². The van der Waals surface area contributed by atoms with Gasteiger partial charge in [0.05, 0.1) is 11.0 Å². The SMILES string of the molecule is O=C(Nc1ccc2[nH]cc(C3CCNCC3)c2n1)c1ccccc1. The zero-order valence-corrected chi connectivity index (χ0v) is 13.4. The van der Waals surface area contributed by atoms with Crippen LogP contribution in [0.5, 0.6) is 0 Å². The van der Waals surface area contributed by atoms with E-state index < -0.39 is 0 Å². The van der Waals surface area contributed by atoms with E-state index in [4.69, 9.17) is 4.98 Å². The molecule has 2 aromatic heterocycles. The molecule has 1 saturated heterocycles. The lowest BCUT2D eigenvalue weighted by Gasteiger charge is -2.21. The summed E-state index contributed by atoms with van der Waals surface area (Å²) >= 11 is 0. The van der Waals surface area contributed by atoms with Crippen molar-refractivity contribution in [3.63, 3.8) is 0 Å². The maximum atomic E-state index is 12.3. The zero-order chi connectivity index (χ0) is 16.4. The van der Waals surface area contributed by atoms with Gasteiger partial charge in [0.1, 0.15) is 5.82 Å². The number of pyridine rings is 1. The number of piperidine rings is 1. The number of benzene rings is 1. The second-order valence-corrected chi connectivity index (χ2v) is 6.18. The minimum absolute atomic E-state index is 0.138. The first kappa shape index (κ1) is 14.9. The Bertz CT molecular complexity index is 850. The highest BCUT2D eigenvalue weighted by Gasteiger charge is 2.19. The molecule has 1 fully saturated rings.